The van der Waals surface area contributed by atoms with Crippen LogP contribution in [0.15, 0.2) is 71.8 Å². The zero-order chi connectivity index (χ0) is 24.3. The maximum atomic E-state index is 12.6. The first-order chi connectivity index (χ1) is 16.5. The number of rotatable bonds is 10. The molecule has 0 radical (unpaired) electrons. The van der Waals surface area contributed by atoms with Crippen LogP contribution in [0.2, 0.25) is 0 Å². The first-order valence-corrected chi connectivity index (χ1v) is 10.8. The number of esters is 1. The first kappa shape index (κ1) is 24.3. The molecule has 0 aromatic heterocycles. The summed E-state index contributed by atoms with van der Waals surface area (Å²) in [6, 6.07) is 17.5. The number of nitrogens with zero attached hydrogens (tertiary/aromatic N) is 1. The number of amides is 1. The minimum Gasteiger partial charge on any atom is -0.508 e. The molecule has 3 aromatic carbocycles. The van der Waals surface area contributed by atoms with Crippen LogP contribution in [-0.2, 0) is 0 Å². The Hall–Kier alpha value is -4.33. The van der Waals surface area contributed by atoms with Gasteiger partial charge in [0.05, 0.1) is 25.0 Å². The van der Waals surface area contributed by atoms with E-state index in [1.807, 2.05) is 13.8 Å². The molecule has 0 bridgehead atoms. The van der Waals surface area contributed by atoms with Gasteiger partial charge in [0, 0.05) is 5.56 Å². The molecule has 3 aromatic rings. The van der Waals surface area contributed by atoms with Crippen LogP contribution in [0.25, 0.3) is 0 Å². The maximum Gasteiger partial charge on any atom is 0.343 e. The molecule has 0 heterocycles. The summed E-state index contributed by atoms with van der Waals surface area (Å²) < 4.78 is 16.7. The highest BCUT2D eigenvalue weighted by molar-refractivity contribution is 5.95. The van der Waals surface area contributed by atoms with E-state index in [1.54, 1.807) is 42.5 Å². The van der Waals surface area contributed by atoms with Crippen molar-refractivity contribution in [3.8, 4) is 23.0 Å². The quantitative estimate of drug-likeness (QED) is 0.198. The number of hydrogen-bond donors (Lipinski definition) is 2. The second-order valence-electron chi connectivity index (χ2n) is 7.15. The van der Waals surface area contributed by atoms with Gasteiger partial charge in [-0.2, -0.15) is 5.10 Å². The Labute approximate surface area is 197 Å². The molecule has 0 saturated carbocycles. The highest BCUT2D eigenvalue weighted by Gasteiger charge is 2.13. The summed E-state index contributed by atoms with van der Waals surface area (Å²) in [7, 11) is 0. The van der Waals surface area contributed by atoms with Gasteiger partial charge in [-0.05, 0) is 85.6 Å². The molecule has 1 amide bonds. The normalized spacial score (nSPS) is 10.6. The average Bonchev–Trinajstić information content (AvgIpc) is 2.85. The third-order valence-electron chi connectivity index (χ3n) is 4.54. The zero-order valence-corrected chi connectivity index (χ0v) is 19.0. The topological polar surface area (TPSA) is 106 Å². The molecular weight excluding hydrogens is 436 g/mol. The summed E-state index contributed by atoms with van der Waals surface area (Å²) in [5.41, 5.74) is 3.79. The van der Waals surface area contributed by atoms with Crippen molar-refractivity contribution in [3.05, 3.63) is 83.4 Å². The number of phenols is 1. The molecule has 8 nitrogen and oxygen atoms in total. The largest absolute Gasteiger partial charge is 0.508 e. The molecule has 0 aliphatic rings. The second-order valence-corrected chi connectivity index (χ2v) is 7.15. The van der Waals surface area contributed by atoms with Gasteiger partial charge in [-0.3, -0.25) is 4.79 Å². The van der Waals surface area contributed by atoms with Crippen LogP contribution < -0.4 is 19.6 Å². The van der Waals surface area contributed by atoms with Crippen molar-refractivity contribution < 1.29 is 28.9 Å². The lowest BCUT2D eigenvalue weighted by atomic mass is 10.2. The van der Waals surface area contributed by atoms with Crippen molar-refractivity contribution in [1.82, 2.24) is 5.43 Å². The van der Waals surface area contributed by atoms with Crippen molar-refractivity contribution in [2.75, 3.05) is 13.2 Å². The molecule has 0 aliphatic carbocycles. The number of carbonyl (C=O) groups excluding carboxylic acids is 2. The third kappa shape index (κ3) is 6.83. The fourth-order valence-electron chi connectivity index (χ4n) is 2.87. The monoisotopic (exact) mass is 462 g/mol. The average molecular weight is 463 g/mol. The number of aromatic hydroxyl groups is 1. The fraction of sp³-hybridized carbons (Fsp3) is 0.192. The SMILES string of the molecule is CCCOc1ccc(C(=O)Oc2ccc(/C=N\NC(=O)c3ccc(O)cc3)cc2OCC)cc1. The van der Waals surface area contributed by atoms with Crippen molar-refractivity contribution in [2.45, 2.75) is 20.3 Å². The lowest BCUT2D eigenvalue weighted by molar-refractivity contribution is 0.0728. The Morgan fingerprint density at radius 2 is 1.62 bits per heavy atom. The van der Waals surface area contributed by atoms with Crippen LogP contribution in [-0.4, -0.2) is 36.4 Å². The van der Waals surface area contributed by atoms with Crippen LogP contribution >= 0.6 is 0 Å². The summed E-state index contributed by atoms with van der Waals surface area (Å²) in [6.45, 7) is 4.82. The Bertz CT molecular complexity index is 1140. The number of hydrazone groups is 1. The Morgan fingerprint density at radius 1 is 0.912 bits per heavy atom. The number of benzene rings is 3. The van der Waals surface area contributed by atoms with Gasteiger partial charge < -0.3 is 19.3 Å². The first-order valence-electron chi connectivity index (χ1n) is 10.8. The van der Waals surface area contributed by atoms with Gasteiger partial charge in [0.2, 0.25) is 0 Å². The van der Waals surface area contributed by atoms with Gasteiger partial charge in [-0.15, -0.1) is 0 Å². The Kier molecular flexibility index (Phi) is 8.62. The summed E-state index contributed by atoms with van der Waals surface area (Å²) in [4.78, 5) is 24.7. The van der Waals surface area contributed by atoms with Gasteiger partial charge in [-0.25, -0.2) is 10.2 Å². The highest BCUT2D eigenvalue weighted by atomic mass is 16.6. The van der Waals surface area contributed by atoms with Gasteiger partial charge in [0.25, 0.3) is 5.91 Å². The third-order valence-corrected chi connectivity index (χ3v) is 4.54. The molecule has 0 unspecified atom stereocenters. The molecule has 34 heavy (non-hydrogen) atoms. The van der Waals surface area contributed by atoms with E-state index >= 15 is 0 Å². The van der Waals surface area contributed by atoms with E-state index in [9.17, 15) is 14.7 Å². The standard InChI is InChI=1S/C26H26N2O6/c1-3-15-33-22-12-8-20(9-13-22)26(31)34-23-14-5-18(16-24(23)32-4-2)17-27-28-25(30)19-6-10-21(29)11-7-19/h5-14,16-17,29H,3-4,15H2,1-2H3,(H,28,30)/b27-17-. The van der Waals surface area contributed by atoms with Crippen LogP contribution in [0.3, 0.4) is 0 Å². The van der Waals surface area contributed by atoms with Crippen molar-refractivity contribution in [3.63, 3.8) is 0 Å². The lowest BCUT2D eigenvalue weighted by Gasteiger charge is -2.12. The van der Waals surface area contributed by atoms with Crippen LogP contribution in [0, 0.1) is 0 Å². The highest BCUT2D eigenvalue weighted by Crippen LogP contribution is 2.29. The Morgan fingerprint density at radius 3 is 2.29 bits per heavy atom. The molecule has 0 aliphatic heterocycles. The van der Waals surface area contributed by atoms with Crippen LogP contribution in [0.5, 0.6) is 23.0 Å². The van der Waals surface area contributed by atoms with Gasteiger partial charge >= 0.3 is 5.97 Å². The van der Waals surface area contributed by atoms with E-state index in [4.69, 9.17) is 14.2 Å². The van der Waals surface area contributed by atoms with Gasteiger partial charge in [0.15, 0.2) is 11.5 Å². The molecule has 0 atom stereocenters. The zero-order valence-electron chi connectivity index (χ0n) is 19.0. The minimum absolute atomic E-state index is 0.0716. The van der Waals surface area contributed by atoms with E-state index in [2.05, 4.69) is 10.5 Å². The molecular formula is C26H26N2O6. The van der Waals surface area contributed by atoms with Crippen LogP contribution in [0.1, 0.15) is 46.5 Å². The lowest BCUT2D eigenvalue weighted by Crippen LogP contribution is -2.17. The molecule has 176 valence electrons. The number of ether oxygens (including phenoxy) is 3. The molecule has 0 spiro atoms. The number of hydrogen-bond acceptors (Lipinski definition) is 7. The van der Waals surface area contributed by atoms with Crippen molar-refractivity contribution in [2.24, 2.45) is 5.10 Å². The second kappa shape index (κ2) is 12.1. The smallest absolute Gasteiger partial charge is 0.343 e. The Balaban J connectivity index is 1.66. The number of carbonyl (C=O) groups is 2. The van der Waals surface area contributed by atoms with E-state index < -0.39 is 11.9 Å². The maximum absolute atomic E-state index is 12.6. The minimum atomic E-state index is -0.523. The molecule has 8 heteroatoms. The number of phenolic OH excluding ortho intramolecular Hbond substituents is 1. The van der Waals surface area contributed by atoms with Gasteiger partial charge in [0.1, 0.15) is 11.5 Å². The number of nitrogens with one attached hydrogen (secondary N) is 1. The predicted molar refractivity (Wildman–Crippen MR) is 128 cm³/mol. The van der Waals surface area contributed by atoms with Crippen molar-refractivity contribution >= 4 is 18.1 Å². The van der Waals surface area contributed by atoms with E-state index in [1.165, 1.54) is 30.5 Å². The van der Waals surface area contributed by atoms with Gasteiger partial charge in [-0.1, -0.05) is 6.92 Å². The van der Waals surface area contributed by atoms with Crippen LogP contribution in [0.4, 0.5) is 0 Å². The fourth-order valence-corrected chi connectivity index (χ4v) is 2.87. The molecule has 2 N–H and O–H groups in total. The van der Waals surface area contributed by atoms with Crippen molar-refractivity contribution in [1.29, 1.82) is 0 Å². The summed E-state index contributed by atoms with van der Waals surface area (Å²) >= 11 is 0. The summed E-state index contributed by atoms with van der Waals surface area (Å²) in [6.07, 6.45) is 2.34. The van der Waals surface area contributed by atoms with E-state index in [-0.39, 0.29) is 11.5 Å². The summed E-state index contributed by atoms with van der Waals surface area (Å²) in [5.74, 6) is 0.455. The predicted octanol–water partition coefficient (Wildman–Crippen LogP) is 4.56. The molecule has 3 rings (SSSR count). The molecule has 0 fully saturated rings. The summed E-state index contributed by atoms with van der Waals surface area (Å²) in [5, 5.41) is 13.3. The molecule has 0 saturated heterocycles. The van der Waals surface area contributed by atoms with E-state index in [0.29, 0.717) is 41.4 Å². The van der Waals surface area contributed by atoms with E-state index in [0.717, 1.165) is 6.42 Å².